The first-order valence-corrected chi connectivity index (χ1v) is 7.73. The van der Waals surface area contributed by atoms with Gasteiger partial charge in [0.15, 0.2) is 0 Å². The Labute approximate surface area is 136 Å². The maximum absolute atomic E-state index is 5.76. The van der Waals surface area contributed by atoms with Gasteiger partial charge in [-0.3, -0.25) is 0 Å². The Kier molecular flexibility index (Phi) is 4.89. The molecule has 0 atom stereocenters. The molecule has 23 heavy (non-hydrogen) atoms. The van der Waals surface area contributed by atoms with Crippen molar-refractivity contribution < 1.29 is 9.15 Å². The van der Waals surface area contributed by atoms with E-state index < -0.39 is 0 Å². The highest BCUT2D eigenvalue weighted by Crippen LogP contribution is 2.16. The van der Waals surface area contributed by atoms with Crippen molar-refractivity contribution in [3.8, 4) is 5.75 Å². The molecule has 0 fully saturated rings. The highest BCUT2D eigenvalue weighted by molar-refractivity contribution is 5.65. The fraction of sp³-hybridized carbons (Fsp3) is 0.150. The number of ether oxygens (including phenoxy) is 1. The van der Waals surface area contributed by atoms with Gasteiger partial charge in [0.05, 0.1) is 0 Å². The van der Waals surface area contributed by atoms with E-state index in [1.54, 1.807) is 6.26 Å². The van der Waals surface area contributed by atoms with Gasteiger partial charge < -0.3 is 9.15 Å². The minimum Gasteiger partial charge on any atom is -0.487 e. The van der Waals surface area contributed by atoms with E-state index in [2.05, 4.69) is 24.0 Å². The molecule has 1 aromatic heterocycles. The lowest BCUT2D eigenvalue weighted by molar-refractivity contribution is 0.300. The van der Waals surface area contributed by atoms with Gasteiger partial charge in [0.1, 0.15) is 24.3 Å². The molecule has 0 unspecified atom stereocenters. The fourth-order valence-electron chi connectivity index (χ4n) is 2.21. The Morgan fingerprint density at radius 3 is 2.74 bits per heavy atom. The number of hydrogen-bond acceptors (Lipinski definition) is 3. The van der Waals surface area contributed by atoms with Crippen molar-refractivity contribution in [2.45, 2.75) is 20.0 Å². The number of benzene rings is 2. The molecule has 0 saturated heterocycles. The van der Waals surface area contributed by atoms with Gasteiger partial charge in [0, 0.05) is 6.08 Å². The SMILES string of the molecule is CCc1cccc(OCc2coc(C=Cc3ccccc3)n2)c1. The summed E-state index contributed by atoms with van der Waals surface area (Å²) in [5.74, 6) is 1.43. The molecule has 3 rings (SSSR count). The van der Waals surface area contributed by atoms with Crippen molar-refractivity contribution in [1.82, 2.24) is 4.98 Å². The van der Waals surface area contributed by atoms with Crippen LogP contribution in [0.1, 0.15) is 29.6 Å². The number of aromatic nitrogens is 1. The Morgan fingerprint density at radius 1 is 1.04 bits per heavy atom. The quantitative estimate of drug-likeness (QED) is 0.644. The predicted octanol–water partition coefficient (Wildman–Crippen LogP) is 4.99. The molecule has 3 heteroatoms. The maximum Gasteiger partial charge on any atom is 0.218 e. The third kappa shape index (κ3) is 4.33. The van der Waals surface area contributed by atoms with E-state index in [1.165, 1.54) is 5.56 Å². The molecule has 0 spiro atoms. The smallest absolute Gasteiger partial charge is 0.218 e. The van der Waals surface area contributed by atoms with Gasteiger partial charge in [-0.15, -0.1) is 0 Å². The Morgan fingerprint density at radius 2 is 1.91 bits per heavy atom. The standard InChI is InChI=1S/C20H19NO2/c1-2-16-9-6-10-19(13-16)22-14-18-15-23-20(21-18)12-11-17-7-4-3-5-8-17/h3-13,15H,2,14H2,1H3. The molecular formula is C20H19NO2. The molecule has 0 bridgehead atoms. The van der Waals surface area contributed by atoms with E-state index in [1.807, 2.05) is 54.6 Å². The van der Waals surface area contributed by atoms with Gasteiger partial charge in [-0.2, -0.15) is 0 Å². The van der Waals surface area contributed by atoms with E-state index >= 15 is 0 Å². The summed E-state index contributed by atoms with van der Waals surface area (Å²) in [6, 6.07) is 18.2. The van der Waals surface area contributed by atoms with Crippen LogP contribution in [0, 0.1) is 0 Å². The van der Waals surface area contributed by atoms with Crippen LogP contribution in [0.5, 0.6) is 5.75 Å². The van der Waals surface area contributed by atoms with Crippen molar-refractivity contribution in [2.24, 2.45) is 0 Å². The predicted molar refractivity (Wildman–Crippen MR) is 92.0 cm³/mol. The summed E-state index contributed by atoms with van der Waals surface area (Å²) in [4.78, 5) is 4.40. The van der Waals surface area contributed by atoms with Crippen molar-refractivity contribution in [3.63, 3.8) is 0 Å². The molecule has 2 aromatic carbocycles. The molecule has 0 N–H and O–H groups in total. The Bertz CT molecular complexity index is 775. The van der Waals surface area contributed by atoms with Crippen molar-refractivity contribution in [1.29, 1.82) is 0 Å². The first-order valence-electron chi connectivity index (χ1n) is 7.73. The van der Waals surface area contributed by atoms with E-state index in [4.69, 9.17) is 9.15 Å². The molecule has 0 aliphatic heterocycles. The zero-order valence-electron chi connectivity index (χ0n) is 13.1. The van der Waals surface area contributed by atoms with E-state index in [0.29, 0.717) is 12.5 Å². The number of hydrogen-bond donors (Lipinski definition) is 0. The third-order valence-electron chi connectivity index (χ3n) is 3.48. The summed E-state index contributed by atoms with van der Waals surface area (Å²) in [6.45, 7) is 2.53. The fourth-order valence-corrected chi connectivity index (χ4v) is 2.21. The Hall–Kier alpha value is -2.81. The molecule has 116 valence electrons. The van der Waals surface area contributed by atoms with Crippen LogP contribution in [0.15, 0.2) is 65.3 Å². The number of oxazole rings is 1. The lowest BCUT2D eigenvalue weighted by atomic mass is 10.2. The summed E-state index contributed by atoms with van der Waals surface area (Å²) in [5, 5.41) is 0. The molecule has 0 aliphatic carbocycles. The van der Waals surface area contributed by atoms with Crippen LogP contribution in [0.25, 0.3) is 12.2 Å². The lowest BCUT2D eigenvalue weighted by Gasteiger charge is -2.05. The van der Waals surface area contributed by atoms with E-state index in [9.17, 15) is 0 Å². The van der Waals surface area contributed by atoms with Gasteiger partial charge in [-0.05, 0) is 35.8 Å². The van der Waals surface area contributed by atoms with Crippen LogP contribution in [0.4, 0.5) is 0 Å². The van der Waals surface area contributed by atoms with E-state index in [0.717, 1.165) is 23.4 Å². The summed E-state index contributed by atoms with van der Waals surface area (Å²) < 4.78 is 11.2. The zero-order chi connectivity index (χ0) is 15.9. The number of nitrogens with zero attached hydrogens (tertiary/aromatic N) is 1. The molecule has 0 radical (unpaired) electrons. The molecule has 0 amide bonds. The minimum absolute atomic E-state index is 0.399. The van der Waals surface area contributed by atoms with Gasteiger partial charge in [0.25, 0.3) is 0 Å². The lowest BCUT2D eigenvalue weighted by Crippen LogP contribution is -1.96. The second-order valence-corrected chi connectivity index (χ2v) is 5.21. The maximum atomic E-state index is 5.76. The van der Waals surface area contributed by atoms with Gasteiger partial charge in [0.2, 0.25) is 5.89 Å². The van der Waals surface area contributed by atoms with Gasteiger partial charge >= 0.3 is 0 Å². The molecule has 1 heterocycles. The Balaban J connectivity index is 1.60. The average molecular weight is 305 g/mol. The average Bonchev–Trinajstić information content (AvgIpc) is 3.07. The van der Waals surface area contributed by atoms with Crippen molar-refractivity contribution >= 4 is 12.2 Å². The minimum atomic E-state index is 0.399. The largest absolute Gasteiger partial charge is 0.487 e. The second kappa shape index (κ2) is 7.45. The van der Waals surface area contributed by atoms with Crippen LogP contribution in [-0.2, 0) is 13.0 Å². The molecule has 0 saturated carbocycles. The molecule has 0 aliphatic rings. The number of aryl methyl sites for hydroxylation is 1. The summed E-state index contributed by atoms with van der Waals surface area (Å²) in [5.41, 5.74) is 3.15. The van der Waals surface area contributed by atoms with Crippen LogP contribution in [-0.4, -0.2) is 4.98 Å². The third-order valence-corrected chi connectivity index (χ3v) is 3.48. The van der Waals surface area contributed by atoms with Crippen LogP contribution < -0.4 is 4.74 Å². The summed E-state index contributed by atoms with van der Waals surface area (Å²) >= 11 is 0. The topological polar surface area (TPSA) is 35.3 Å². The van der Waals surface area contributed by atoms with Crippen molar-refractivity contribution in [3.05, 3.63) is 83.6 Å². The first kappa shape index (κ1) is 15.1. The number of rotatable bonds is 6. The highest BCUT2D eigenvalue weighted by atomic mass is 16.5. The van der Waals surface area contributed by atoms with Gasteiger partial charge in [-0.25, -0.2) is 4.98 Å². The van der Waals surface area contributed by atoms with Crippen molar-refractivity contribution in [2.75, 3.05) is 0 Å². The van der Waals surface area contributed by atoms with Crippen LogP contribution >= 0.6 is 0 Å². The monoisotopic (exact) mass is 305 g/mol. The van der Waals surface area contributed by atoms with Crippen LogP contribution in [0.3, 0.4) is 0 Å². The molecule has 3 aromatic rings. The van der Waals surface area contributed by atoms with Gasteiger partial charge in [-0.1, -0.05) is 49.4 Å². The second-order valence-electron chi connectivity index (χ2n) is 5.21. The molecular weight excluding hydrogens is 286 g/mol. The van der Waals surface area contributed by atoms with E-state index in [-0.39, 0.29) is 0 Å². The van der Waals surface area contributed by atoms with Crippen LogP contribution in [0.2, 0.25) is 0 Å². The normalized spacial score (nSPS) is 11.0. The molecule has 3 nitrogen and oxygen atoms in total. The summed E-state index contributed by atoms with van der Waals surface area (Å²) in [6.07, 6.45) is 6.46. The zero-order valence-corrected chi connectivity index (χ0v) is 13.1. The first-order chi connectivity index (χ1) is 11.3. The highest BCUT2D eigenvalue weighted by Gasteiger charge is 2.03. The summed E-state index contributed by atoms with van der Waals surface area (Å²) in [7, 11) is 0.